The zero-order chi connectivity index (χ0) is 11.7. The van der Waals surface area contributed by atoms with Crippen molar-refractivity contribution < 1.29 is 4.39 Å². The lowest BCUT2D eigenvalue weighted by Gasteiger charge is -2.17. The molecule has 4 heteroatoms. The fraction of sp³-hybridized carbons (Fsp3) is 0.455. The highest BCUT2D eigenvalue weighted by Gasteiger charge is 2.21. The Hall–Kier alpha value is -0.470. The van der Waals surface area contributed by atoms with Crippen molar-refractivity contribution in [1.82, 2.24) is 0 Å². The van der Waals surface area contributed by atoms with E-state index in [9.17, 15) is 4.39 Å². The Bertz CT molecular complexity index is 362. The minimum absolute atomic E-state index is 0.101. The summed E-state index contributed by atoms with van der Waals surface area (Å²) in [5.74, 6) is -0.365. The summed E-state index contributed by atoms with van der Waals surface area (Å²) in [6, 6.07) is 0. The fourth-order valence-corrected chi connectivity index (χ4v) is 2.12. The van der Waals surface area contributed by atoms with Gasteiger partial charge in [0.25, 0.3) is 0 Å². The van der Waals surface area contributed by atoms with Crippen molar-refractivity contribution in [3.63, 3.8) is 0 Å². The summed E-state index contributed by atoms with van der Waals surface area (Å²) in [6.07, 6.45) is 0.836. The quantitative estimate of drug-likeness (QED) is 0.605. The third-order valence-corrected chi connectivity index (χ3v) is 3.58. The third-order valence-electron chi connectivity index (χ3n) is 2.72. The van der Waals surface area contributed by atoms with Crippen LogP contribution in [0.5, 0.6) is 0 Å². The zero-order valence-corrected chi connectivity index (χ0v) is 10.5. The molecule has 2 N–H and O–H groups in total. The maximum Gasteiger partial charge on any atom is 0.146 e. The van der Waals surface area contributed by atoms with E-state index in [0.717, 1.165) is 6.42 Å². The van der Waals surface area contributed by atoms with Gasteiger partial charge in [-0.1, -0.05) is 37.0 Å². The molecule has 0 spiro atoms. The predicted octanol–water partition coefficient (Wildman–Crippen LogP) is 4.54. The molecule has 0 aromatic heterocycles. The van der Waals surface area contributed by atoms with Crippen LogP contribution in [-0.4, -0.2) is 0 Å². The largest absolute Gasteiger partial charge is 0.397 e. The highest BCUT2D eigenvalue weighted by molar-refractivity contribution is 6.36. The van der Waals surface area contributed by atoms with Gasteiger partial charge < -0.3 is 5.73 Å². The van der Waals surface area contributed by atoms with Gasteiger partial charge in [-0.2, -0.15) is 0 Å². The first-order chi connectivity index (χ1) is 6.91. The van der Waals surface area contributed by atoms with Gasteiger partial charge in [-0.25, -0.2) is 4.39 Å². The summed E-state index contributed by atoms with van der Waals surface area (Å²) in [5, 5.41) is 0.371. The highest BCUT2D eigenvalue weighted by atomic mass is 35.5. The Morgan fingerprint density at radius 2 is 1.87 bits per heavy atom. The molecule has 1 atom stereocenters. The van der Waals surface area contributed by atoms with Gasteiger partial charge in [0.1, 0.15) is 5.82 Å². The summed E-state index contributed by atoms with van der Waals surface area (Å²) in [6.45, 7) is 5.51. The average molecular weight is 250 g/mol. The molecule has 1 aromatic carbocycles. The van der Waals surface area contributed by atoms with E-state index < -0.39 is 5.82 Å². The molecule has 1 aromatic rings. The molecule has 0 fully saturated rings. The van der Waals surface area contributed by atoms with Gasteiger partial charge in [-0.05, 0) is 19.3 Å². The van der Waals surface area contributed by atoms with Crippen molar-refractivity contribution in [1.29, 1.82) is 0 Å². The molecule has 0 amide bonds. The SMILES string of the molecule is CCC(C)c1c(N)c(Cl)c(C)c(F)c1Cl. The minimum Gasteiger partial charge on any atom is -0.397 e. The smallest absolute Gasteiger partial charge is 0.146 e. The lowest BCUT2D eigenvalue weighted by molar-refractivity contribution is 0.612. The van der Waals surface area contributed by atoms with Gasteiger partial charge in [-0.3, -0.25) is 0 Å². The average Bonchev–Trinajstić information content (AvgIpc) is 2.23. The minimum atomic E-state index is -0.467. The number of hydrogen-bond acceptors (Lipinski definition) is 1. The van der Waals surface area contributed by atoms with E-state index in [-0.39, 0.29) is 16.0 Å². The standard InChI is InChI=1S/C11H14Cl2FN/c1-4-5(2)7-9(13)10(14)6(3)8(12)11(7)15/h5H,4,15H2,1-3H3. The number of nitrogens with two attached hydrogens (primary N) is 1. The number of halogens is 3. The van der Waals surface area contributed by atoms with Gasteiger partial charge in [-0.15, -0.1) is 0 Å². The van der Waals surface area contributed by atoms with Crippen LogP contribution in [0.25, 0.3) is 0 Å². The van der Waals surface area contributed by atoms with Crippen LogP contribution in [0.15, 0.2) is 0 Å². The summed E-state index contributed by atoms with van der Waals surface area (Å²) >= 11 is 11.9. The van der Waals surface area contributed by atoms with E-state index in [2.05, 4.69) is 0 Å². The monoisotopic (exact) mass is 249 g/mol. The first-order valence-corrected chi connectivity index (χ1v) is 5.59. The molecule has 1 rings (SSSR count). The first-order valence-electron chi connectivity index (χ1n) is 4.84. The van der Waals surface area contributed by atoms with E-state index in [1.165, 1.54) is 0 Å². The molecule has 1 unspecified atom stereocenters. The molecule has 0 aliphatic heterocycles. The number of nitrogen functional groups attached to an aromatic ring is 1. The molecular formula is C11H14Cl2FN. The molecule has 0 saturated heterocycles. The Balaban J connectivity index is 3.52. The summed E-state index contributed by atoms with van der Waals surface area (Å²) in [7, 11) is 0. The molecule has 84 valence electrons. The fourth-order valence-electron chi connectivity index (χ4n) is 1.50. The van der Waals surface area contributed by atoms with E-state index in [1.54, 1.807) is 6.92 Å². The molecule has 0 heterocycles. The lowest BCUT2D eigenvalue weighted by atomic mass is 9.95. The maximum atomic E-state index is 13.7. The Morgan fingerprint density at radius 3 is 2.33 bits per heavy atom. The van der Waals surface area contributed by atoms with Crippen LogP contribution in [0.1, 0.15) is 37.3 Å². The normalized spacial score (nSPS) is 12.9. The number of anilines is 1. The molecule has 0 bridgehead atoms. The number of rotatable bonds is 2. The van der Waals surface area contributed by atoms with Crippen LogP contribution in [0.4, 0.5) is 10.1 Å². The van der Waals surface area contributed by atoms with E-state index in [1.807, 2.05) is 13.8 Å². The molecular weight excluding hydrogens is 236 g/mol. The summed E-state index contributed by atoms with van der Waals surface area (Å²) in [5.41, 5.74) is 7.17. The molecule has 0 aliphatic rings. The number of hydrogen-bond donors (Lipinski definition) is 1. The van der Waals surface area contributed by atoms with Crippen molar-refractivity contribution in [3.05, 3.63) is 27.0 Å². The third kappa shape index (κ3) is 2.06. The predicted molar refractivity (Wildman–Crippen MR) is 64.3 cm³/mol. The summed E-state index contributed by atoms with van der Waals surface area (Å²) < 4.78 is 13.7. The zero-order valence-electron chi connectivity index (χ0n) is 9.00. The van der Waals surface area contributed by atoms with Gasteiger partial charge in [0, 0.05) is 11.1 Å². The van der Waals surface area contributed by atoms with Gasteiger partial charge in [0.2, 0.25) is 0 Å². The van der Waals surface area contributed by atoms with Crippen LogP contribution >= 0.6 is 23.2 Å². The van der Waals surface area contributed by atoms with Crippen LogP contribution in [0.2, 0.25) is 10.0 Å². The second-order valence-electron chi connectivity index (χ2n) is 3.70. The summed E-state index contributed by atoms with van der Waals surface area (Å²) in [4.78, 5) is 0. The molecule has 0 radical (unpaired) electrons. The number of benzene rings is 1. The first kappa shape index (κ1) is 12.6. The van der Waals surface area contributed by atoms with Crippen LogP contribution in [-0.2, 0) is 0 Å². The van der Waals surface area contributed by atoms with E-state index in [0.29, 0.717) is 16.8 Å². The van der Waals surface area contributed by atoms with Gasteiger partial charge in [0.05, 0.1) is 15.7 Å². The molecule has 0 aliphatic carbocycles. The van der Waals surface area contributed by atoms with Crippen LogP contribution < -0.4 is 5.73 Å². The highest BCUT2D eigenvalue weighted by Crippen LogP contribution is 2.40. The van der Waals surface area contributed by atoms with Crippen molar-refractivity contribution >= 4 is 28.9 Å². The van der Waals surface area contributed by atoms with Crippen molar-refractivity contribution in [2.75, 3.05) is 5.73 Å². The lowest BCUT2D eigenvalue weighted by Crippen LogP contribution is -2.04. The second-order valence-corrected chi connectivity index (χ2v) is 4.46. The Morgan fingerprint density at radius 1 is 1.33 bits per heavy atom. The van der Waals surface area contributed by atoms with Crippen molar-refractivity contribution in [2.45, 2.75) is 33.1 Å². The van der Waals surface area contributed by atoms with Crippen LogP contribution in [0, 0.1) is 12.7 Å². The second kappa shape index (κ2) is 4.58. The van der Waals surface area contributed by atoms with Gasteiger partial charge in [0.15, 0.2) is 0 Å². The molecule has 1 nitrogen and oxygen atoms in total. The Labute approximate surface area is 99.4 Å². The molecule has 0 saturated carbocycles. The van der Waals surface area contributed by atoms with Crippen LogP contribution in [0.3, 0.4) is 0 Å². The Kier molecular flexibility index (Phi) is 3.85. The molecule has 15 heavy (non-hydrogen) atoms. The maximum absolute atomic E-state index is 13.7. The topological polar surface area (TPSA) is 26.0 Å². The van der Waals surface area contributed by atoms with Crippen molar-refractivity contribution in [2.24, 2.45) is 0 Å². The van der Waals surface area contributed by atoms with Gasteiger partial charge >= 0.3 is 0 Å². The van der Waals surface area contributed by atoms with Crippen molar-refractivity contribution in [3.8, 4) is 0 Å². The van der Waals surface area contributed by atoms with E-state index in [4.69, 9.17) is 28.9 Å². The van der Waals surface area contributed by atoms with E-state index >= 15 is 0 Å².